The van der Waals surface area contributed by atoms with Crippen LogP contribution in [0.2, 0.25) is 0 Å². The molecule has 3 heterocycles. The molecule has 0 radical (unpaired) electrons. The van der Waals surface area contributed by atoms with Gasteiger partial charge < -0.3 is 5.11 Å². The first-order valence-electron chi connectivity index (χ1n) is 7.18. The lowest BCUT2D eigenvalue weighted by Crippen LogP contribution is -1.99. The van der Waals surface area contributed by atoms with Crippen LogP contribution in [0.25, 0.3) is 33.9 Å². The van der Waals surface area contributed by atoms with E-state index in [4.69, 9.17) is 5.11 Å². The number of carboxylic acid groups (broad SMARTS) is 1. The van der Waals surface area contributed by atoms with Gasteiger partial charge in [0.15, 0.2) is 5.69 Å². The van der Waals surface area contributed by atoms with Gasteiger partial charge >= 0.3 is 5.97 Å². The lowest BCUT2D eigenvalue weighted by molar-refractivity contribution is 0.0691. The molecule has 0 saturated heterocycles. The fourth-order valence-electron chi connectivity index (χ4n) is 2.33. The number of aromatic amines is 2. The third-order valence-electron chi connectivity index (χ3n) is 3.56. The number of nitrogens with one attached hydrogen (secondary N) is 2. The predicted octanol–water partition coefficient (Wildman–Crippen LogP) is 1.41. The molecule has 0 aliphatic carbocycles. The summed E-state index contributed by atoms with van der Waals surface area (Å²) >= 11 is 0. The zero-order valence-corrected chi connectivity index (χ0v) is 12.6. The van der Waals surface area contributed by atoms with E-state index < -0.39 is 5.97 Å². The number of hydrogen-bond donors (Lipinski definition) is 3. The van der Waals surface area contributed by atoms with Gasteiger partial charge in [-0.2, -0.15) is 0 Å². The summed E-state index contributed by atoms with van der Waals surface area (Å²) in [5.41, 5.74) is 3.61. The average molecular weight is 334 g/mol. The summed E-state index contributed by atoms with van der Waals surface area (Å²) < 4.78 is 0. The molecule has 0 saturated carbocycles. The maximum atomic E-state index is 11.1. The molecule has 10 nitrogen and oxygen atoms in total. The van der Waals surface area contributed by atoms with Crippen molar-refractivity contribution >= 4 is 5.97 Å². The number of aromatic carboxylic acids is 1. The Bertz CT molecular complexity index is 1010. The molecule has 0 amide bonds. The Kier molecular flexibility index (Phi) is 3.47. The Hall–Kier alpha value is -3.95. The number of carbonyl (C=O) groups is 1. The minimum absolute atomic E-state index is 0.0514. The molecule has 10 heteroatoms. The van der Waals surface area contributed by atoms with Crippen molar-refractivity contribution < 1.29 is 9.90 Å². The minimum atomic E-state index is -1.11. The highest BCUT2D eigenvalue weighted by atomic mass is 16.4. The highest BCUT2D eigenvalue weighted by molar-refractivity contribution is 5.92. The van der Waals surface area contributed by atoms with Crippen molar-refractivity contribution in [2.75, 3.05) is 0 Å². The van der Waals surface area contributed by atoms with Crippen molar-refractivity contribution in [2.24, 2.45) is 0 Å². The molecular formula is C15H10N8O2. The van der Waals surface area contributed by atoms with Crippen molar-refractivity contribution in [2.45, 2.75) is 0 Å². The number of H-pyrrole nitrogens is 2. The maximum absolute atomic E-state index is 11.1. The van der Waals surface area contributed by atoms with E-state index in [0.717, 1.165) is 5.56 Å². The van der Waals surface area contributed by atoms with E-state index >= 15 is 0 Å². The summed E-state index contributed by atoms with van der Waals surface area (Å²) in [7, 11) is 0. The van der Waals surface area contributed by atoms with E-state index in [9.17, 15) is 4.79 Å². The summed E-state index contributed by atoms with van der Waals surface area (Å²) in [5, 5.41) is 37.3. The molecule has 3 aromatic heterocycles. The van der Waals surface area contributed by atoms with Gasteiger partial charge in [-0.3, -0.25) is 10.2 Å². The Balaban J connectivity index is 1.62. The van der Waals surface area contributed by atoms with E-state index in [0.29, 0.717) is 22.6 Å². The molecule has 25 heavy (non-hydrogen) atoms. The summed E-state index contributed by atoms with van der Waals surface area (Å²) in [5.74, 6) is -1.11. The van der Waals surface area contributed by atoms with E-state index in [1.165, 1.54) is 0 Å². The van der Waals surface area contributed by atoms with Crippen LogP contribution >= 0.6 is 0 Å². The molecule has 0 atom stereocenters. The third kappa shape index (κ3) is 2.72. The number of benzene rings is 1. The molecule has 3 N–H and O–H groups in total. The van der Waals surface area contributed by atoms with Crippen molar-refractivity contribution in [3.63, 3.8) is 0 Å². The highest BCUT2D eigenvalue weighted by Gasteiger charge is 2.16. The number of aromatic nitrogens is 8. The van der Waals surface area contributed by atoms with Crippen LogP contribution in [0, 0.1) is 0 Å². The minimum Gasteiger partial charge on any atom is -0.476 e. The van der Waals surface area contributed by atoms with Gasteiger partial charge in [0.05, 0.1) is 11.9 Å². The fraction of sp³-hybridized carbons (Fsp3) is 0. The number of hydrogen-bond acceptors (Lipinski definition) is 7. The molecule has 0 aliphatic rings. The normalized spacial score (nSPS) is 10.7. The van der Waals surface area contributed by atoms with E-state index in [-0.39, 0.29) is 11.4 Å². The van der Waals surface area contributed by atoms with Gasteiger partial charge in [0.1, 0.15) is 17.1 Å². The molecule has 1 aromatic carbocycles. The van der Waals surface area contributed by atoms with Gasteiger partial charge in [0.25, 0.3) is 0 Å². The third-order valence-corrected chi connectivity index (χ3v) is 3.56. The standard InChI is InChI=1S/C15H10N8O2/c24-15(25)14-13(20-23-21-14)9-3-1-8(2-4-9)10-5-6-11(18-17-10)12-7-16-22-19-12/h1-7H,(H,24,25)(H,16,19,22)(H,20,21,23). The maximum Gasteiger partial charge on any atom is 0.356 e. The topological polar surface area (TPSA) is 146 Å². The summed E-state index contributed by atoms with van der Waals surface area (Å²) in [6.07, 6.45) is 1.64. The van der Waals surface area contributed by atoms with Crippen LogP contribution < -0.4 is 0 Å². The number of rotatable bonds is 4. The van der Waals surface area contributed by atoms with Crippen molar-refractivity contribution in [3.05, 3.63) is 48.3 Å². The first kappa shape index (κ1) is 14.6. The molecular weight excluding hydrogens is 324 g/mol. The second kappa shape index (κ2) is 5.92. The smallest absolute Gasteiger partial charge is 0.356 e. The molecule has 0 aliphatic heterocycles. The zero-order valence-electron chi connectivity index (χ0n) is 12.6. The Morgan fingerprint density at radius 1 is 0.800 bits per heavy atom. The largest absolute Gasteiger partial charge is 0.476 e. The van der Waals surface area contributed by atoms with Gasteiger partial charge in [0, 0.05) is 11.1 Å². The number of carboxylic acids is 1. The lowest BCUT2D eigenvalue weighted by Gasteiger charge is -2.03. The zero-order chi connectivity index (χ0) is 17.2. The van der Waals surface area contributed by atoms with Crippen LogP contribution in [0.3, 0.4) is 0 Å². The average Bonchev–Trinajstić information content (AvgIpc) is 3.34. The van der Waals surface area contributed by atoms with Gasteiger partial charge in [-0.25, -0.2) is 4.79 Å². The van der Waals surface area contributed by atoms with Crippen LogP contribution in [0.15, 0.2) is 42.6 Å². The van der Waals surface area contributed by atoms with Crippen molar-refractivity contribution in [1.29, 1.82) is 0 Å². The second-order valence-corrected chi connectivity index (χ2v) is 5.08. The van der Waals surface area contributed by atoms with Crippen LogP contribution in [0.1, 0.15) is 10.5 Å². The van der Waals surface area contributed by atoms with E-state index in [2.05, 4.69) is 41.0 Å². The predicted molar refractivity (Wildman–Crippen MR) is 85.2 cm³/mol. The van der Waals surface area contributed by atoms with Gasteiger partial charge in [-0.05, 0) is 12.1 Å². The van der Waals surface area contributed by atoms with Gasteiger partial charge in [0.2, 0.25) is 0 Å². The Morgan fingerprint density at radius 2 is 1.52 bits per heavy atom. The quantitative estimate of drug-likeness (QED) is 0.507. The second-order valence-electron chi connectivity index (χ2n) is 5.08. The molecule has 4 aromatic rings. The van der Waals surface area contributed by atoms with Crippen molar-refractivity contribution in [3.8, 4) is 33.9 Å². The van der Waals surface area contributed by atoms with Crippen LogP contribution in [-0.4, -0.2) is 52.1 Å². The summed E-state index contributed by atoms with van der Waals surface area (Å²) in [4.78, 5) is 11.1. The highest BCUT2D eigenvalue weighted by Crippen LogP contribution is 2.24. The Labute approximate surface area is 140 Å². The fourth-order valence-corrected chi connectivity index (χ4v) is 2.33. The van der Waals surface area contributed by atoms with Crippen LogP contribution in [0.5, 0.6) is 0 Å². The molecule has 0 spiro atoms. The van der Waals surface area contributed by atoms with E-state index in [1.54, 1.807) is 24.4 Å². The first-order valence-corrected chi connectivity index (χ1v) is 7.18. The van der Waals surface area contributed by atoms with Crippen molar-refractivity contribution in [1.82, 2.24) is 41.0 Å². The molecule has 0 unspecified atom stereocenters. The first-order chi connectivity index (χ1) is 12.2. The Morgan fingerprint density at radius 3 is 2.16 bits per heavy atom. The monoisotopic (exact) mass is 334 g/mol. The summed E-state index contributed by atoms with van der Waals surface area (Å²) in [6.45, 7) is 0. The van der Waals surface area contributed by atoms with Crippen LogP contribution in [-0.2, 0) is 0 Å². The lowest BCUT2D eigenvalue weighted by atomic mass is 10.1. The molecule has 0 fully saturated rings. The number of nitrogens with zero attached hydrogens (tertiary/aromatic N) is 6. The van der Waals surface area contributed by atoms with Gasteiger partial charge in [-0.15, -0.1) is 20.4 Å². The molecule has 0 bridgehead atoms. The van der Waals surface area contributed by atoms with Crippen LogP contribution in [0.4, 0.5) is 0 Å². The summed E-state index contributed by atoms with van der Waals surface area (Å²) in [6, 6.07) is 10.8. The molecule has 4 rings (SSSR count). The van der Waals surface area contributed by atoms with Gasteiger partial charge in [-0.1, -0.05) is 34.7 Å². The molecule has 122 valence electrons. The SMILES string of the molecule is O=C(O)c1[nH]nnc1-c1ccc(-c2ccc(-c3c[nH]nn3)nn2)cc1. The van der Waals surface area contributed by atoms with E-state index in [1.807, 2.05) is 18.2 Å².